The second-order valence-electron chi connectivity index (χ2n) is 6.59. The van der Waals surface area contributed by atoms with Gasteiger partial charge in [0.1, 0.15) is 0 Å². The van der Waals surface area contributed by atoms with Crippen LogP contribution in [0.3, 0.4) is 0 Å². The fourth-order valence-electron chi connectivity index (χ4n) is 3.09. The number of anilines is 1. The first-order valence-corrected chi connectivity index (χ1v) is 8.85. The van der Waals surface area contributed by atoms with Crippen molar-refractivity contribution in [2.45, 2.75) is 13.0 Å². The van der Waals surface area contributed by atoms with Crippen LogP contribution < -0.4 is 10.2 Å². The molecule has 2 aromatic carbocycles. The van der Waals surface area contributed by atoms with Crippen LogP contribution in [0, 0.1) is 21.7 Å². The lowest BCUT2D eigenvalue weighted by atomic mass is 10.1. The van der Waals surface area contributed by atoms with E-state index in [0.717, 1.165) is 17.8 Å². The Morgan fingerprint density at radius 2 is 1.71 bits per heavy atom. The lowest BCUT2D eigenvalue weighted by Gasteiger charge is -2.36. The molecule has 28 heavy (non-hydrogen) atoms. The Balaban J connectivity index is 1.54. The standard InChI is InChI=1S/C19H20F2N4O3/c1-13(14-2-7-17(20)18(21)12-14)22-19(26)24-10-8-23(9-11-24)15-3-5-16(6-4-15)25(27)28/h2-7,12-13H,8-11H2,1H3,(H,22,26). The van der Waals surface area contributed by atoms with E-state index in [1.54, 1.807) is 24.0 Å². The Kier molecular flexibility index (Phi) is 5.72. The van der Waals surface area contributed by atoms with Gasteiger partial charge in [-0.15, -0.1) is 0 Å². The molecule has 1 unspecified atom stereocenters. The Hall–Kier alpha value is -3.23. The van der Waals surface area contributed by atoms with Gasteiger partial charge in [0.2, 0.25) is 0 Å². The van der Waals surface area contributed by atoms with Crippen LogP contribution >= 0.6 is 0 Å². The van der Waals surface area contributed by atoms with E-state index in [-0.39, 0.29) is 11.7 Å². The maximum absolute atomic E-state index is 13.4. The number of amides is 2. The predicted octanol–water partition coefficient (Wildman–Crippen LogP) is 3.47. The molecule has 1 N–H and O–H groups in total. The second kappa shape index (κ2) is 8.20. The predicted molar refractivity (Wildman–Crippen MR) is 100 cm³/mol. The molecule has 1 aliphatic heterocycles. The number of halogens is 2. The van der Waals surface area contributed by atoms with Crippen LogP contribution in [0.2, 0.25) is 0 Å². The summed E-state index contributed by atoms with van der Waals surface area (Å²) in [5.41, 5.74) is 1.38. The first-order valence-electron chi connectivity index (χ1n) is 8.85. The molecular formula is C19H20F2N4O3. The van der Waals surface area contributed by atoms with Crippen molar-refractivity contribution in [3.05, 3.63) is 69.8 Å². The zero-order valence-corrected chi connectivity index (χ0v) is 15.3. The van der Waals surface area contributed by atoms with Gasteiger partial charge in [0.05, 0.1) is 11.0 Å². The Bertz CT molecular complexity index is 868. The van der Waals surface area contributed by atoms with Crippen molar-refractivity contribution >= 4 is 17.4 Å². The number of benzene rings is 2. The van der Waals surface area contributed by atoms with Gasteiger partial charge in [0.15, 0.2) is 11.6 Å². The van der Waals surface area contributed by atoms with Crippen LogP contribution in [-0.4, -0.2) is 42.0 Å². The van der Waals surface area contributed by atoms with Crippen molar-refractivity contribution in [2.75, 3.05) is 31.1 Å². The molecule has 148 valence electrons. The lowest BCUT2D eigenvalue weighted by Crippen LogP contribution is -2.52. The number of nitro groups is 1. The molecule has 0 aromatic heterocycles. The molecule has 1 fully saturated rings. The molecule has 0 aliphatic carbocycles. The highest BCUT2D eigenvalue weighted by molar-refractivity contribution is 5.75. The normalized spacial score (nSPS) is 15.2. The summed E-state index contributed by atoms with van der Waals surface area (Å²) < 4.78 is 26.4. The molecule has 1 heterocycles. The summed E-state index contributed by atoms with van der Waals surface area (Å²) in [6.07, 6.45) is 0. The largest absolute Gasteiger partial charge is 0.368 e. The molecule has 1 saturated heterocycles. The number of nitrogens with zero attached hydrogens (tertiary/aromatic N) is 3. The molecule has 0 saturated carbocycles. The van der Waals surface area contributed by atoms with E-state index < -0.39 is 22.6 Å². The quantitative estimate of drug-likeness (QED) is 0.641. The summed E-state index contributed by atoms with van der Waals surface area (Å²) in [6.45, 7) is 3.84. The van der Waals surface area contributed by atoms with Gasteiger partial charge in [0, 0.05) is 44.0 Å². The highest BCUT2D eigenvalue weighted by atomic mass is 19.2. The SMILES string of the molecule is CC(NC(=O)N1CCN(c2ccc([N+](=O)[O-])cc2)CC1)c1ccc(F)c(F)c1. The third-order valence-electron chi connectivity index (χ3n) is 4.78. The summed E-state index contributed by atoms with van der Waals surface area (Å²) >= 11 is 0. The van der Waals surface area contributed by atoms with E-state index in [1.807, 2.05) is 4.90 Å². The number of nitro benzene ring substituents is 1. The molecule has 9 heteroatoms. The van der Waals surface area contributed by atoms with Crippen molar-refractivity contribution in [3.8, 4) is 0 Å². The molecule has 0 spiro atoms. The molecule has 2 amide bonds. The molecule has 2 aromatic rings. The minimum Gasteiger partial charge on any atom is -0.368 e. The number of hydrogen-bond acceptors (Lipinski definition) is 4. The van der Waals surface area contributed by atoms with Crippen molar-refractivity contribution in [1.29, 1.82) is 0 Å². The molecular weight excluding hydrogens is 370 g/mol. The monoisotopic (exact) mass is 390 g/mol. The Morgan fingerprint density at radius 3 is 2.29 bits per heavy atom. The average molecular weight is 390 g/mol. The number of nitrogens with one attached hydrogen (secondary N) is 1. The minimum absolute atomic E-state index is 0.0352. The van der Waals surface area contributed by atoms with Crippen LogP contribution in [0.5, 0.6) is 0 Å². The highest BCUT2D eigenvalue weighted by Crippen LogP contribution is 2.21. The van der Waals surface area contributed by atoms with Crippen molar-refractivity contribution in [1.82, 2.24) is 10.2 Å². The summed E-state index contributed by atoms with van der Waals surface area (Å²) in [5, 5.41) is 13.5. The molecule has 7 nitrogen and oxygen atoms in total. The van der Waals surface area contributed by atoms with Gasteiger partial charge in [-0.2, -0.15) is 0 Å². The van der Waals surface area contributed by atoms with Crippen molar-refractivity contribution in [2.24, 2.45) is 0 Å². The zero-order chi connectivity index (χ0) is 20.3. The fraction of sp³-hybridized carbons (Fsp3) is 0.316. The van der Waals surface area contributed by atoms with E-state index in [0.29, 0.717) is 31.7 Å². The number of non-ortho nitro benzene ring substituents is 1. The van der Waals surface area contributed by atoms with E-state index in [1.165, 1.54) is 18.2 Å². The van der Waals surface area contributed by atoms with E-state index >= 15 is 0 Å². The molecule has 1 aliphatic rings. The van der Waals surface area contributed by atoms with Gasteiger partial charge in [-0.25, -0.2) is 13.6 Å². The van der Waals surface area contributed by atoms with Gasteiger partial charge in [-0.1, -0.05) is 6.07 Å². The van der Waals surface area contributed by atoms with Crippen LogP contribution in [0.25, 0.3) is 0 Å². The maximum Gasteiger partial charge on any atom is 0.317 e. The molecule has 0 bridgehead atoms. The molecule has 3 rings (SSSR count). The fourth-order valence-corrected chi connectivity index (χ4v) is 3.09. The van der Waals surface area contributed by atoms with Crippen molar-refractivity contribution < 1.29 is 18.5 Å². The summed E-state index contributed by atoms with van der Waals surface area (Å²) in [4.78, 5) is 26.4. The number of rotatable bonds is 4. The molecule has 0 radical (unpaired) electrons. The van der Waals surface area contributed by atoms with Crippen molar-refractivity contribution in [3.63, 3.8) is 0 Å². The number of urea groups is 1. The first-order chi connectivity index (χ1) is 13.3. The van der Waals surface area contributed by atoms with Crippen LogP contribution in [-0.2, 0) is 0 Å². The maximum atomic E-state index is 13.4. The zero-order valence-electron chi connectivity index (χ0n) is 15.3. The van der Waals surface area contributed by atoms with E-state index in [2.05, 4.69) is 5.32 Å². The van der Waals surface area contributed by atoms with Gasteiger partial charge >= 0.3 is 6.03 Å². The number of carbonyl (C=O) groups excluding carboxylic acids is 1. The Labute approximate surface area is 160 Å². The summed E-state index contributed by atoms with van der Waals surface area (Å²) in [5.74, 6) is -1.88. The highest BCUT2D eigenvalue weighted by Gasteiger charge is 2.23. The van der Waals surface area contributed by atoms with E-state index in [4.69, 9.17) is 0 Å². The third kappa shape index (κ3) is 4.36. The average Bonchev–Trinajstić information content (AvgIpc) is 2.70. The van der Waals surface area contributed by atoms with Crippen LogP contribution in [0.4, 0.5) is 25.0 Å². The van der Waals surface area contributed by atoms with Gasteiger partial charge in [-0.3, -0.25) is 10.1 Å². The molecule has 1 atom stereocenters. The summed E-state index contributed by atoms with van der Waals surface area (Å²) in [7, 11) is 0. The second-order valence-corrected chi connectivity index (χ2v) is 6.59. The smallest absolute Gasteiger partial charge is 0.317 e. The third-order valence-corrected chi connectivity index (χ3v) is 4.78. The number of carbonyl (C=O) groups is 1. The number of piperazine rings is 1. The minimum atomic E-state index is -0.949. The van der Waals surface area contributed by atoms with Crippen LogP contribution in [0.15, 0.2) is 42.5 Å². The number of hydrogen-bond donors (Lipinski definition) is 1. The van der Waals surface area contributed by atoms with Crippen LogP contribution in [0.1, 0.15) is 18.5 Å². The summed E-state index contributed by atoms with van der Waals surface area (Å²) in [6, 6.07) is 9.11. The topological polar surface area (TPSA) is 78.7 Å². The van der Waals surface area contributed by atoms with Gasteiger partial charge in [-0.05, 0) is 36.8 Å². The van der Waals surface area contributed by atoms with E-state index in [9.17, 15) is 23.7 Å². The van der Waals surface area contributed by atoms with Gasteiger partial charge in [0.25, 0.3) is 5.69 Å². The Morgan fingerprint density at radius 1 is 1.07 bits per heavy atom. The van der Waals surface area contributed by atoms with Gasteiger partial charge < -0.3 is 15.1 Å². The lowest BCUT2D eigenvalue weighted by molar-refractivity contribution is -0.384. The first kappa shape index (κ1) is 19.5.